The van der Waals surface area contributed by atoms with E-state index in [0.29, 0.717) is 13.0 Å². The number of unbranched alkanes of at least 4 members (excludes halogenated alkanes) is 1. The number of nitrogens with two attached hydrogens (primary N) is 1. The van der Waals surface area contributed by atoms with Gasteiger partial charge in [0.05, 0.1) is 6.04 Å². The highest BCUT2D eigenvalue weighted by Gasteiger charge is 2.23. The van der Waals surface area contributed by atoms with Crippen LogP contribution in [0.25, 0.3) is 0 Å². The second-order valence-electron chi connectivity index (χ2n) is 5.14. The number of hydrogen-bond donors (Lipinski definition) is 4. The lowest BCUT2D eigenvalue weighted by atomic mass is 10.1. The highest BCUT2D eigenvalue weighted by Crippen LogP contribution is 2.08. The van der Waals surface area contributed by atoms with Crippen LogP contribution in [0.15, 0.2) is 12.2 Å². The number of nitrogens with zero attached hydrogens (tertiary/aromatic N) is 1. The summed E-state index contributed by atoms with van der Waals surface area (Å²) in [6.45, 7) is 0.686. The minimum atomic E-state index is -0.937. The molecule has 1 aliphatic heterocycles. The Bertz CT molecular complexity index is 439. The zero-order valence-corrected chi connectivity index (χ0v) is 12.7. The molecule has 5 N–H and O–H groups in total. The summed E-state index contributed by atoms with van der Waals surface area (Å²) < 4.78 is 0. The number of aliphatic hydroxyl groups excluding tert-OH is 1. The number of likely N-dealkylation sites (N-methyl/N-ethyl adjacent to an activating group) is 1. The van der Waals surface area contributed by atoms with Crippen LogP contribution in [-0.2, 0) is 14.4 Å². The van der Waals surface area contributed by atoms with Gasteiger partial charge in [-0.3, -0.25) is 14.4 Å². The molecule has 2 unspecified atom stereocenters. The van der Waals surface area contributed by atoms with Gasteiger partial charge in [-0.05, 0) is 32.4 Å². The molecule has 0 bridgehead atoms. The third-order valence-corrected chi connectivity index (χ3v) is 3.53. The lowest BCUT2D eigenvalue weighted by Gasteiger charge is -2.19. The first kappa shape index (κ1) is 18.1. The number of amides is 3. The average molecular weight is 312 g/mol. The van der Waals surface area contributed by atoms with E-state index in [1.165, 1.54) is 17.1 Å². The fourth-order valence-corrected chi connectivity index (χ4v) is 2.18. The van der Waals surface area contributed by atoms with Gasteiger partial charge in [-0.1, -0.05) is 0 Å². The predicted molar refractivity (Wildman–Crippen MR) is 80.4 cm³/mol. The third kappa shape index (κ3) is 5.82. The lowest BCUT2D eigenvalue weighted by molar-refractivity contribution is -0.131. The maximum Gasteiger partial charge on any atom is 0.248 e. The Morgan fingerprint density at radius 2 is 2.18 bits per heavy atom. The lowest BCUT2D eigenvalue weighted by Crippen LogP contribution is -2.39. The van der Waals surface area contributed by atoms with Gasteiger partial charge >= 0.3 is 0 Å². The molecule has 0 saturated heterocycles. The molecule has 1 heterocycles. The van der Waals surface area contributed by atoms with E-state index < -0.39 is 6.23 Å². The van der Waals surface area contributed by atoms with Crippen LogP contribution in [0.5, 0.6) is 0 Å². The molecule has 8 heteroatoms. The van der Waals surface area contributed by atoms with Crippen molar-refractivity contribution in [3.63, 3.8) is 0 Å². The first-order valence-electron chi connectivity index (χ1n) is 7.36. The van der Waals surface area contributed by atoms with Crippen LogP contribution in [-0.4, -0.2) is 60.1 Å². The maximum absolute atomic E-state index is 11.6. The zero-order valence-electron chi connectivity index (χ0n) is 12.7. The number of rotatable bonds is 10. The fraction of sp³-hybridized carbons (Fsp3) is 0.643. The Kier molecular flexibility index (Phi) is 7.55. The zero-order chi connectivity index (χ0) is 16.5. The van der Waals surface area contributed by atoms with E-state index in [9.17, 15) is 19.5 Å². The molecule has 0 aromatic heterocycles. The minimum Gasteiger partial charge on any atom is -0.370 e. The van der Waals surface area contributed by atoms with Crippen LogP contribution < -0.4 is 16.4 Å². The molecule has 0 aromatic carbocycles. The van der Waals surface area contributed by atoms with Crippen molar-refractivity contribution in [2.24, 2.45) is 5.73 Å². The van der Waals surface area contributed by atoms with Gasteiger partial charge in [0.25, 0.3) is 0 Å². The summed E-state index contributed by atoms with van der Waals surface area (Å²) in [5.74, 6) is -0.842. The van der Waals surface area contributed by atoms with E-state index in [2.05, 4.69) is 10.6 Å². The first-order valence-corrected chi connectivity index (χ1v) is 7.36. The van der Waals surface area contributed by atoms with Crippen molar-refractivity contribution in [3.8, 4) is 0 Å². The molecule has 0 spiro atoms. The quantitative estimate of drug-likeness (QED) is 0.364. The molecule has 0 aromatic rings. The Hall–Kier alpha value is -1.93. The van der Waals surface area contributed by atoms with Crippen molar-refractivity contribution >= 4 is 17.7 Å². The van der Waals surface area contributed by atoms with Crippen LogP contribution >= 0.6 is 0 Å². The molecule has 0 radical (unpaired) electrons. The van der Waals surface area contributed by atoms with Crippen molar-refractivity contribution in [3.05, 3.63) is 12.2 Å². The summed E-state index contributed by atoms with van der Waals surface area (Å²) >= 11 is 0. The van der Waals surface area contributed by atoms with E-state index in [0.717, 1.165) is 12.8 Å². The molecule has 0 fully saturated rings. The molecule has 3 amide bonds. The van der Waals surface area contributed by atoms with E-state index in [1.807, 2.05) is 0 Å². The number of aliphatic hydroxyl groups is 1. The first-order chi connectivity index (χ1) is 10.5. The average Bonchev–Trinajstić information content (AvgIpc) is 2.79. The van der Waals surface area contributed by atoms with Crippen molar-refractivity contribution in [2.45, 2.75) is 38.0 Å². The summed E-state index contributed by atoms with van der Waals surface area (Å²) in [5, 5.41) is 15.1. The minimum absolute atomic E-state index is 0.144. The van der Waals surface area contributed by atoms with Gasteiger partial charge in [-0.15, -0.1) is 0 Å². The fourth-order valence-electron chi connectivity index (χ4n) is 2.18. The van der Waals surface area contributed by atoms with E-state index in [1.54, 1.807) is 7.05 Å². The van der Waals surface area contributed by atoms with Gasteiger partial charge < -0.3 is 26.4 Å². The van der Waals surface area contributed by atoms with Crippen LogP contribution in [0.2, 0.25) is 0 Å². The molecule has 124 valence electrons. The largest absolute Gasteiger partial charge is 0.370 e. The summed E-state index contributed by atoms with van der Waals surface area (Å²) in [5.41, 5.74) is 5.20. The Morgan fingerprint density at radius 1 is 1.45 bits per heavy atom. The van der Waals surface area contributed by atoms with Crippen LogP contribution in [0.4, 0.5) is 0 Å². The van der Waals surface area contributed by atoms with Crippen LogP contribution in [0.1, 0.15) is 25.7 Å². The number of carbonyl (C=O) groups is 3. The van der Waals surface area contributed by atoms with Crippen molar-refractivity contribution < 1.29 is 19.5 Å². The standard InChI is InChI=1S/C14H24N4O4/c1-16-10(14(15)22)4-2-3-8-17-11(19)7-9-18-12(20)5-6-13(18)21/h5-6,10,12,16,20H,2-4,7-9H2,1H3,(H2,15,22)(H,17,19). The number of primary amides is 1. The molecule has 1 rings (SSSR count). The maximum atomic E-state index is 11.6. The van der Waals surface area contributed by atoms with Crippen molar-refractivity contribution in [1.29, 1.82) is 0 Å². The highest BCUT2D eigenvalue weighted by atomic mass is 16.3. The van der Waals surface area contributed by atoms with Crippen molar-refractivity contribution in [2.75, 3.05) is 20.1 Å². The number of hydrogen-bond acceptors (Lipinski definition) is 5. The van der Waals surface area contributed by atoms with E-state index in [-0.39, 0.29) is 36.7 Å². The Labute approximate surface area is 129 Å². The third-order valence-electron chi connectivity index (χ3n) is 3.53. The second kappa shape index (κ2) is 9.16. The second-order valence-corrected chi connectivity index (χ2v) is 5.14. The monoisotopic (exact) mass is 312 g/mol. The normalized spacial score (nSPS) is 18.5. The molecule has 0 aliphatic carbocycles. The summed E-state index contributed by atoms with van der Waals surface area (Å²) in [6.07, 6.45) is 4.02. The number of carbonyl (C=O) groups excluding carboxylic acids is 3. The SMILES string of the molecule is CNC(CCCCNC(=O)CCN1C(=O)C=CC1O)C(N)=O. The molecule has 22 heavy (non-hydrogen) atoms. The van der Waals surface area contributed by atoms with Gasteiger partial charge in [0, 0.05) is 25.6 Å². The molecule has 2 atom stereocenters. The van der Waals surface area contributed by atoms with Gasteiger partial charge in [-0.2, -0.15) is 0 Å². The molecular weight excluding hydrogens is 288 g/mol. The van der Waals surface area contributed by atoms with E-state index in [4.69, 9.17) is 5.73 Å². The van der Waals surface area contributed by atoms with Crippen LogP contribution in [0.3, 0.4) is 0 Å². The summed E-state index contributed by atoms with van der Waals surface area (Å²) in [7, 11) is 1.68. The molecular formula is C14H24N4O4. The van der Waals surface area contributed by atoms with Gasteiger partial charge in [0.2, 0.25) is 17.7 Å². The van der Waals surface area contributed by atoms with Gasteiger partial charge in [0.15, 0.2) is 0 Å². The predicted octanol–water partition coefficient (Wildman–Crippen LogP) is -1.55. The highest BCUT2D eigenvalue weighted by molar-refractivity contribution is 5.90. The molecule has 0 saturated carbocycles. The van der Waals surface area contributed by atoms with Gasteiger partial charge in [0.1, 0.15) is 6.23 Å². The molecule has 8 nitrogen and oxygen atoms in total. The Morgan fingerprint density at radius 3 is 2.73 bits per heavy atom. The smallest absolute Gasteiger partial charge is 0.248 e. The topological polar surface area (TPSA) is 125 Å². The Balaban J connectivity index is 2.09. The van der Waals surface area contributed by atoms with Crippen molar-refractivity contribution in [1.82, 2.24) is 15.5 Å². The van der Waals surface area contributed by atoms with Crippen LogP contribution in [0, 0.1) is 0 Å². The molecule has 1 aliphatic rings. The summed E-state index contributed by atoms with van der Waals surface area (Å²) in [4.78, 5) is 35.2. The number of nitrogens with one attached hydrogen (secondary N) is 2. The van der Waals surface area contributed by atoms with Gasteiger partial charge in [-0.25, -0.2) is 0 Å². The van der Waals surface area contributed by atoms with E-state index >= 15 is 0 Å². The summed E-state index contributed by atoms with van der Waals surface area (Å²) in [6, 6.07) is -0.342.